The molecule has 0 amide bonds. The summed E-state index contributed by atoms with van der Waals surface area (Å²) >= 11 is 0.947. The van der Waals surface area contributed by atoms with Gasteiger partial charge in [-0.15, -0.1) is 11.3 Å². The summed E-state index contributed by atoms with van der Waals surface area (Å²) < 4.78 is 69.0. The van der Waals surface area contributed by atoms with Crippen LogP contribution in [-0.2, 0) is 10.0 Å². The lowest BCUT2D eigenvalue weighted by Crippen LogP contribution is -2.13. The Balaban J connectivity index is 1.62. The van der Waals surface area contributed by atoms with Crippen LogP contribution >= 0.6 is 11.3 Å². The average Bonchev–Trinajstić information content (AvgIpc) is 3.30. The number of nitrogens with one attached hydrogen (secondary N) is 1. The number of phenols is 1. The van der Waals surface area contributed by atoms with Crippen molar-refractivity contribution in [2.45, 2.75) is 11.8 Å². The molecule has 0 fully saturated rings. The average molecular weight is 504 g/mol. The van der Waals surface area contributed by atoms with E-state index >= 15 is 0 Å². The zero-order valence-electron chi connectivity index (χ0n) is 17.5. The highest BCUT2D eigenvalue weighted by molar-refractivity contribution is 7.92. The maximum absolute atomic E-state index is 14.1. The van der Waals surface area contributed by atoms with Crippen LogP contribution in [0.1, 0.15) is 20.8 Å². The summed E-state index contributed by atoms with van der Waals surface area (Å²) in [6, 6.07) is 16.2. The Morgan fingerprint density at radius 3 is 2.41 bits per heavy atom. The molecule has 0 saturated heterocycles. The highest BCUT2D eigenvalue weighted by Crippen LogP contribution is 2.33. The van der Waals surface area contributed by atoms with E-state index in [0.29, 0.717) is 16.5 Å². The number of benzene rings is 3. The van der Waals surface area contributed by atoms with Crippen LogP contribution in [0.25, 0.3) is 10.4 Å². The number of hydrogen-bond acceptors (Lipinski definition) is 5. The predicted molar refractivity (Wildman–Crippen MR) is 123 cm³/mol. The number of hydrogen-bond donors (Lipinski definition) is 2. The number of aromatic hydroxyl groups is 1. The fourth-order valence-corrected chi connectivity index (χ4v) is 5.35. The molecule has 34 heavy (non-hydrogen) atoms. The molecule has 4 aromatic rings. The molecular weight excluding hydrogens is 487 g/mol. The van der Waals surface area contributed by atoms with Gasteiger partial charge in [0.2, 0.25) is 11.6 Å². The quantitative estimate of drug-likeness (QED) is 0.254. The number of phenolic OH excluding ortho intramolecular Hbond substituents is 1. The van der Waals surface area contributed by atoms with Crippen LogP contribution in [-0.4, -0.2) is 19.3 Å². The molecule has 0 bridgehead atoms. The Morgan fingerprint density at radius 1 is 0.941 bits per heavy atom. The molecule has 0 aliphatic rings. The highest BCUT2D eigenvalue weighted by atomic mass is 32.2. The molecule has 174 valence electrons. The van der Waals surface area contributed by atoms with Gasteiger partial charge in [0, 0.05) is 10.6 Å². The van der Waals surface area contributed by atoms with Crippen LogP contribution in [0.15, 0.2) is 71.6 Å². The summed E-state index contributed by atoms with van der Waals surface area (Å²) in [6.07, 6.45) is 0. The monoisotopic (exact) mass is 503 g/mol. The van der Waals surface area contributed by atoms with Crippen molar-refractivity contribution in [3.63, 3.8) is 0 Å². The smallest absolute Gasteiger partial charge is 0.261 e. The fraction of sp³-hybridized carbons (Fsp3) is 0.0417. The lowest BCUT2D eigenvalue weighted by molar-refractivity contribution is 0.103. The van der Waals surface area contributed by atoms with Gasteiger partial charge in [0.1, 0.15) is 0 Å². The van der Waals surface area contributed by atoms with E-state index in [1.165, 1.54) is 12.1 Å². The molecule has 2 N–H and O–H groups in total. The first kappa shape index (κ1) is 23.5. The summed E-state index contributed by atoms with van der Waals surface area (Å²) in [6.45, 7) is 1.78. The van der Waals surface area contributed by atoms with E-state index in [-0.39, 0.29) is 15.5 Å². The van der Waals surface area contributed by atoms with Crippen LogP contribution in [0, 0.1) is 24.4 Å². The standard InChI is InChI=1S/C24H16F3NO4S2/c1-13-4-2-7-16(10-13)34(31,32)28-15-6-3-5-14(11-15)19-8-9-20(33-19)23(29)17-12-18(25)22(27)24(30)21(17)26/h2-12,28,30H,1H3. The van der Waals surface area contributed by atoms with Crippen LogP contribution in [0.2, 0.25) is 0 Å². The van der Waals surface area contributed by atoms with Crippen molar-refractivity contribution in [1.82, 2.24) is 0 Å². The third kappa shape index (κ3) is 4.55. The number of halogens is 3. The van der Waals surface area contributed by atoms with Gasteiger partial charge >= 0.3 is 0 Å². The zero-order chi connectivity index (χ0) is 24.6. The normalized spacial score (nSPS) is 11.4. The number of rotatable bonds is 6. The second-order valence-corrected chi connectivity index (χ2v) is 10.1. The lowest BCUT2D eigenvalue weighted by Gasteiger charge is -2.10. The Kier molecular flexibility index (Phi) is 6.20. The molecule has 0 saturated carbocycles. The number of thiophene rings is 1. The van der Waals surface area contributed by atoms with Crippen LogP contribution in [0.3, 0.4) is 0 Å². The highest BCUT2D eigenvalue weighted by Gasteiger charge is 2.24. The number of anilines is 1. The summed E-state index contributed by atoms with van der Waals surface area (Å²) in [5.41, 5.74) is 0.849. The summed E-state index contributed by atoms with van der Waals surface area (Å²) in [5, 5.41) is 9.37. The molecule has 1 aromatic heterocycles. The van der Waals surface area contributed by atoms with Crippen molar-refractivity contribution in [3.8, 4) is 16.2 Å². The Hall–Kier alpha value is -3.63. The Bertz CT molecular complexity index is 1530. The van der Waals surface area contributed by atoms with Gasteiger partial charge in [-0.2, -0.15) is 4.39 Å². The molecule has 3 aromatic carbocycles. The first-order valence-electron chi connectivity index (χ1n) is 9.78. The summed E-state index contributed by atoms with van der Waals surface area (Å²) in [4.78, 5) is 13.3. The third-order valence-electron chi connectivity index (χ3n) is 4.91. The van der Waals surface area contributed by atoms with Gasteiger partial charge in [0.15, 0.2) is 17.4 Å². The van der Waals surface area contributed by atoms with Crippen molar-refractivity contribution in [2.24, 2.45) is 0 Å². The van der Waals surface area contributed by atoms with Crippen molar-refractivity contribution in [3.05, 3.63) is 100 Å². The minimum Gasteiger partial charge on any atom is -0.503 e. The molecule has 0 aliphatic heterocycles. The van der Waals surface area contributed by atoms with Gasteiger partial charge in [-0.1, -0.05) is 24.3 Å². The van der Waals surface area contributed by atoms with E-state index in [1.807, 2.05) is 0 Å². The van der Waals surface area contributed by atoms with Gasteiger partial charge in [-0.05, 0) is 60.5 Å². The number of ketones is 1. The second kappa shape index (κ2) is 8.96. The molecule has 10 heteroatoms. The summed E-state index contributed by atoms with van der Waals surface area (Å²) in [7, 11) is -3.83. The predicted octanol–water partition coefficient (Wildman–Crippen LogP) is 5.88. The van der Waals surface area contributed by atoms with Crippen LogP contribution in [0.5, 0.6) is 5.75 Å². The van der Waals surface area contributed by atoms with Gasteiger partial charge in [0.25, 0.3) is 10.0 Å². The maximum Gasteiger partial charge on any atom is 0.261 e. The minimum absolute atomic E-state index is 0.0186. The lowest BCUT2D eigenvalue weighted by atomic mass is 10.1. The number of aryl methyl sites for hydroxylation is 1. The molecule has 0 unspecified atom stereocenters. The SMILES string of the molecule is Cc1cccc(S(=O)(=O)Nc2cccc(-c3ccc(C(=O)c4cc(F)c(F)c(O)c4F)s3)c2)c1. The van der Waals surface area contributed by atoms with E-state index in [9.17, 15) is 31.5 Å². The van der Waals surface area contributed by atoms with Crippen LogP contribution in [0.4, 0.5) is 18.9 Å². The molecule has 0 radical (unpaired) electrons. The van der Waals surface area contributed by atoms with Gasteiger partial charge < -0.3 is 5.11 Å². The number of carbonyl (C=O) groups is 1. The minimum atomic E-state index is -3.83. The summed E-state index contributed by atoms with van der Waals surface area (Å²) in [5.74, 6) is -7.36. The van der Waals surface area contributed by atoms with Crippen LogP contribution < -0.4 is 4.72 Å². The molecule has 5 nitrogen and oxygen atoms in total. The molecule has 4 rings (SSSR count). The van der Waals surface area contributed by atoms with Crippen molar-refractivity contribution in [1.29, 1.82) is 0 Å². The maximum atomic E-state index is 14.1. The molecular formula is C24H16F3NO4S2. The van der Waals surface area contributed by atoms with Gasteiger partial charge in [0.05, 0.1) is 15.3 Å². The fourth-order valence-electron chi connectivity index (χ4n) is 3.24. The molecule has 0 aliphatic carbocycles. The van der Waals surface area contributed by atoms with Gasteiger partial charge in [-0.3, -0.25) is 9.52 Å². The first-order chi connectivity index (χ1) is 16.1. The van der Waals surface area contributed by atoms with Crippen molar-refractivity contribution in [2.75, 3.05) is 4.72 Å². The van der Waals surface area contributed by atoms with E-state index < -0.39 is 44.6 Å². The topological polar surface area (TPSA) is 83.5 Å². The molecule has 0 atom stereocenters. The van der Waals surface area contributed by atoms with E-state index in [1.54, 1.807) is 55.5 Å². The number of carbonyl (C=O) groups excluding carboxylic acids is 1. The Labute approximate surface area is 197 Å². The van der Waals surface area contributed by atoms with Crippen molar-refractivity contribution < 1.29 is 31.5 Å². The van der Waals surface area contributed by atoms with E-state index in [4.69, 9.17) is 0 Å². The second-order valence-electron chi connectivity index (χ2n) is 7.38. The largest absolute Gasteiger partial charge is 0.503 e. The van der Waals surface area contributed by atoms with E-state index in [2.05, 4.69) is 4.72 Å². The third-order valence-corrected chi connectivity index (χ3v) is 7.42. The van der Waals surface area contributed by atoms with Crippen molar-refractivity contribution >= 4 is 32.8 Å². The molecule has 1 heterocycles. The molecule has 0 spiro atoms. The zero-order valence-corrected chi connectivity index (χ0v) is 19.1. The van der Waals surface area contributed by atoms with Gasteiger partial charge in [-0.25, -0.2) is 17.2 Å². The first-order valence-corrected chi connectivity index (χ1v) is 12.1. The number of sulfonamides is 1. The Morgan fingerprint density at radius 2 is 1.68 bits per heavy atom. The van der Waals surface area contributed by atoms with E-state index in [0.717, 1.165) is 16.9 Å².